The number of rotatable bonds is 34. The van der Waals surface area contributed by atoms with E-state index in [4.69, 9.17) is 17.5 Å². The molecule has 0 radical (unpaired) electrons. The summed E-state index contributed by atoms with van der Waals surface area (Å²) in [4.78, 5) is 15.4. The van der Waals surface area contributed by atoms with Gasteiger partial charge in [-0.3, -0.25) is 0 Å². The van der Waals surface area contributed by atoms with Crippen LogP contribution in [0.15, 0.2) is 96.4 Å². The third-order valence-corrected chi connectivity index (χ3v) is 27.9. The molecule has 0 amide bonds. The molecule has 470 valence electrons. The molecule has 0 saturated carbocycles. The summed E-state index contributed by atoms with van der Waals surface area (Å²) in [6, 6.07) is 35.5. The summed E-state index contributed by atoms with van der Waals surface area (Å²) in [5.41, 5.74) is 19.1. The molecule has 0 saturated heterocycles. The molecule has 0 fully saturated rings. The van der Waals surface area contributed by atoms with Gasteiger partial charge in [-0.1, -0.05) is 185 Å². The van der Waals surface area contributed by atoms with Gasteiger partial charge in [0.25, 0.3) is 0 Å². The maximum Gasteiger partial charge on any atom is 0.113 e. The Morgan fingerprint density at radius 1 is 0.411 bits per heavy atom. The predicted molar refractivity (Wildman–Crippen MR) is 394 cm³/mol. The average Bonchev–Trinajstić information content (AvgIpc) is 1.56. The van der Waals surface area contributed by atoms with Crippen LogP contribution in [0.5, 0.6) is 0 Å². The topological polar surface area (TPSA) is 92.0 Å². The van der Waals surface area contributed by atoms with Crippen LogP contribution in [0.2, 0.25) is 0 Å². The summed E-state index contributed by atoms with van der Waals surface area (Å²) in [5, 5.41) is 21.6. The minimum atomic E-state index is -0.0917. The van der Waals surface area contributed by atoms with Gasteiger partial charge in [-0.05, 0) is 143 Å². The highest BCUT2D eigenvalue weighted by atomic mass is 32.1. The molecule has 8 aromatic heterocycles. The first-order valence-electron chi connectivity index (χ1n) is 33.7. The van der Waals surface area contributed by atoms with Crippen molar-refractivity contribution in [3.05, 3.63) is 151 Å². The Hall–Kier alpha value is -4.58. The Morgan fingerprint density at radius 2 is 0.922 bits per heavy atom. The lowest BCUT2D eigenvalue weighted by Gasteiger charge is -2.31. The molecule has 0 spiro atoms. The summed E-state index contributed by atoms with van der Waals surface area (Å²) >= 11 is 14.5. The molecule has 0 unspecified atom stereocenters. The maximum absolute atomic E-state index is 9.58. The normalized spacial score (nSPS) is 13.8. The SMILES string of the molecule is CCCCCCc1csc(-c2cc(CCCCCC)c(Cc3ccc(-c4cc5c(s4)-c4sc(Cc6ccc(-c7cc8c(s7)-c7sc(-c9ccccc9)cc7C8(C)C)c7nsnc67)cc4C5(CCCCCCCCO)CCCCCCCCO)c4nsnc34)s2)c1. The molecule has 2 aliphatic rings. The van der Waals surface area contributed by atoms with E-state index in [1.54, 1.807) is 5.56 Å². The zero-order valence-electron chi connectivity index (χ0n) is 53.0. The molecule has 8 heterocycles. The van der Waals surface area contributed by atoms with Gasteiger partial charge in [-0.15, -0.1) is 68.0 Å². The summed E-state index contributed by atoms with van der Waals surface area (Å²) < 4.78 is 20.5. The van der Waals surface area contributed by atoms with Crippen molar-refractivity contribution in [3.63, 3.8) is 0 Å². The quantitative estimate of drug-likeness (QED) is 0.0391. The van der Waals surface area contributed by atoms with Gasteiger partial charge in [0.2, 0.25) is 0 Å². The molecule has 11 aromatic rings. The number of nitrogens with zero attached hydrogens (tertiary/aromatic N) is 4. The summed E-state index contributed by atoms with van der Waals surface area (Å²) in [5.74, 6) is 0. The highest BCUT2D eigenvalue weighted by Crippen LogP contribution is 2.62. The molecule has 0 aliphatic heterocycles. The fourth-order valence-corrected chi connectivity index (χ4v) is 23.4. The van der Waals surface area contributed by atoms with Crippen molar-refractivity contribution in [1.29, 1.82) is 0 Å². The van der Waals surface area contributed by atoms with Crippen molar-refractivity contribution < 1.29 is 10.2 Å². The number of aliphatic hydroxyl groups excluding tert-OH is 2. The van der Waals surface area contributed by atoms with E-state index in [0.29, 0.717) is 0 Å². The summed E-state index contributed by atoms with van der Waals surface area (Å²) in [7, 11) is 0. The molecule has 2 N–H and O–H groups in total. The van der Waals surface area contributed by atoms with Crippen molar-refractivity contribution in [2.75, 3.05) is 13.2 Å². The van der Waals surface area contributed by atoms with Crippen LogP contribution in [0, 0.1) is 0 Å². The standard InChI is InChI=1S/C76H86N4O2S8/c1-5-7-9-20-28-49-40-65(83-48-49)66-42-51(31-21-10-8-6-2)61(85-66)43-53-33-35-56(70-68(53)78-90-80-70)64-47-60-74(88-64)73-59(76(60,36-24-15-11-13-17-26-38-81)37-25-16-12-14-18-27-39-82)44-54(84-73)41-52-32-34-55(69-67(52)77-89-79-69)63-46-58-72(87-63)71-57(75(58,3)4)45-62(86-71)50-29-22-19-23-30-50/h19,22-23,29-30,32-35,40,42,44-48,81-82H,5-18,20-21,24-28,31,36-39,41,43H2,1-4H3. The second-order valence-electron chi connectivity index (χ2n) is 26.1. The third kappa shape index (κ3) is 13.3. The van der Waals surface area contributed by atoms with Gasteiger partial charge >= 0.3 is 0 Å². The number of thiophene rings is 6. The van der Waals surface area contributed by atoms with Crippen LogP contribution in [0.3, 0.4) is 0 Å². The molecule has 2 aliphatic carbocycles. The van der Waals surface area contributed by atoms with Crippen LogP contribution in [0.4, 0.5) is 0 Å². The minimum absolute atomic E-state index is 0.0779. The van der Waals surface area contributed by atoms with Gasteiger partial charge in [-0.2, -0.15) is 17.5 Å². The van der Waals surface area contributed by atoms with Crippen LogP contribution in [-0.2, 0) is 36.5 Å². The maximum atomic E-state index is 9.58. The van der Waals surface area contributed by atoms with Crippen LogP contribution < -0.4 is 0 Å². The highest BCUT2D eigenvalue weighted by Gasteiger charge is 2.46. The molecular formula is C76H86N4O2S8. The molecular weight excluding hydrogens is 1260 g/mol. The number of unbranched alkanes of at least 4 members (excludes halogenated alkanes) is 16. The minimum Gasteiger partial charge on any atom is -0.396 e. The Kier molecular flexibility index (Phi) is 20.9. The van der Waals surface area contributed by atoms with Gasteiger partial charge in [0.15, 0.2) is 0 Å². The lowest BCUT2D eigenvalue weighted by Crippen LogP contribution is -2.25. The van der Waals surface area contributed by atoms with Gasteiger partial charge in [0, 0.05) is 102 Å². The first-order chi connectivity index (χ1) is 44.2. The first-order valence-corrected chi connectivity index (χ1v) is 40.1. The Balaban J connectivity index is 0.825. The van der Waals surface area contributed by atoms with Crippen molar-refractivity contribution >= 4 is 114 Å². The van der Waals surface area contributed by atoms with E-state index in [2.05, 4.69) is 124 Å². The third-order valence-electron chi connectivity index (χ3n) is 19.5. The molecule has 0 bridgehead atoms. The van der Waals surface area contributed by atoms with Gasteiger partial charge in [0.1, 0.15) is 22.1 Å². The average molecular weight is 1340 g/mol. The molecule has 6 nitrogen and oxygen atoms in total. The van der Waals surface area contributed by atoms with Crippen LogP contribution >= 0.6 is 91.5 Å². The number of hydrogen-bond donors (Lipinski definition) is 2. The summed E-state index contributed by atoms with van der Waals surface area (Å²) in [6.45, 7) is 9.96. The molecule has 14 heteroatoms. The number of hydrogen-bond acceptors (Lipinski definition) is 14. The predicted octanol–water partition coefficient (Wildman–Crippen LogP) is 24.2. The highest BCUT2D eigenvalue weighted by molar-refractivity contribution is 7.26. The van der Waals surface area contributed by atoms with E-state index >= 15 is 0 Å². The van der Waals surface area contributed by atoms with Gasteiger partial charge < -0.3 is 10.2 Å². The van der Waals surface area contributed by atoms with E-state index in [0.717, 1.165) is 79.9 Å². The van der Waals surface area contributed by atoms with Crippen LogP contribution in [0.25, 0.3) is 82.7 Å². The summed E-state index contributed by atoms with van der Waals surface area (Å²) in [6.07, 6.45) is 30.0. The van der Waals surface area contributed by atoms with E-state index in [1.807, 2.05) is 68.0 Å². The second kappa shape index (κ2) is 29.4. The Morgan fingerprint density at radius 3 is 1.54 bits per heavy atom. The van der Waals surface area contributed by atoms with E-state index < -0.39 is 0 Å². The molecule has 90 heavy (non-hydrogen) atoms. The van der Waals surface area contributed by atoms with Crippen molar-refractivity contribution in [3.8, 4) is 60.6 Å². The van der Waals surface area contributed by atoms with Gasteiger partial charge in [0.05, 0.1) is 23.5 Å². The first kappa shape index (κ1) is 64.1. The van der Waals surface area contributed by atoms with Crippen LogP contribution in [-0.4, -0.2) is 40.9 Å². The van der Waals surface area contributed by atoms with E-state index in [9.17, 15) is 10.2 Å². The smallest absolute Gasteiger partial charge is 0.113 e. The number of benzene rings is 3. The fraction of sp³-hybridized carbons (Fsp3) is 0.447. The van der Waals surface area contributed by atoms with Crippen molar-refractivity contribution in [1.82, 2.24) is 17.5 Å². The van der Waals surface area contributed by atoms with Crippen LogP contribution in [0.1, 0.15) is 223 Å². The number of aryl methyl sites for hydroxylation is 2. The molecule has 13 rings (SSSR count). The lowest BCUT2D eigenvalue weighted by molar-refractivity contribution is 0.282. The zero-order valence-corrected chi connectivity index (χ0v) is 59.5. The lowest BCUT2D eigenvalue weighted by atomic mass is 9.71. The van der Waals surface area contributed by atoms with Gasteiger partial charge in [-0.25, -0.2) is 0 Å². The number of aromatic nitrogens is 4. The van der Waals surface area contributed by atoms with Crippen molar-refractivity contribution in [2.24, 2.45) is 0 Å². The van der Waals surface area contributed by atoms with E-state index in [1.165, 1.54) is 242 Å². The largest absolute Gasteiger partial charge is 0.396 e. The monoisotopic (exact) mass is 1340 g/mol. The molecule has 0 atom stereocenters. The Bertz CT molecular complexity index is 4160. The second-order valence-corrected chi connectivity index (χ2v) is 33.5. The van der Waals surface area contributed by atoms with E-state index in [-0.39, 0.29) is 24.0 Å². The number of aliphatic hydroxyl groups is 2. The zero-order chi connectivity index (χ0) is 61.6. The Labute approximate surface area is 566 Å². The fourth-order valence-electron chi connectivity index (χ4n) is 14.4. The number of fused-ring (bicyclic) bond motifs is 8. The van der Waals surface area contributed by atoms with Crippen molar-refractivity contribution in [2.45, 2.75) is 205 Å². The molecule has 3 aromatic carbocycles.